The molecule has 0 unspecified atom stereocenters. The lowest BCUT2D eigenvalue weighted by Crippen LogP contribution is -2.45. The van der Waals surface area contributed by atoms with Crippen LogP contribution in [0.1, 0.15) is 6.42 Å². The average Bonchev–Trinajstić information content (AvgIpc) is 2.55. The zero-order chi connectivity index (χ0) is 16.8. The Bertz CT molecular complexity index is 530. The molecule has 7 heteroatoms. The first-order chi connectivity index (χ1) is 11.0. The van der Waals surface area contributed by atoms with Crippen LogP contribution >= 0.6 is 0 Å². The molecule has 1 heterocycles. The summed E-state index contributed by atoms with van der Waals surface area (Å²) in [5.74, 6) is 0.304. The largest absolute Gasteiger partial charge is 0.490 e. The first-order valence-electron chi connectivity index (χ1n) is 7.95. The van der Waals surface area contributed by atoms with Gasteiger partial charge in [0.15, 0.2) is 5.75 Å². The molecule has 0 spiro atoms. The molecule has 1 fully saturated rings. The molecule has 1 aromatic rings. The highest BCUT2D eigenvalue weighted by molar-refractivity contribution is 5.58. The number of nitro groups is 1. The van der Waals surface area contributed by atoms with Crippen LogP contribution in [0.3, 0.4) is 0 Å². The maximum atomic E-state index is 10.9. The van der Waals surface area contributed by atoms with Crippen molar-refractivity contribution >= 4 is 11.4 Å². The van der Waals surface area contributed by atoms with Crippen LogP contribution in [0.4, 0.5) is 11.4 Å². The van der Waals surface area contributed by atoms with Gasteiger partial charge in [-0.3, -0.25) is 10.1 Å². The van der Waals surface area contributed by atoms with Crippen LogP contribution in [0.2, 0.25) is 0 Å². The first kappa shape index (κ1) is 17.5. The maximum absolute atomic E-state index is 10.9. The molecule has 0 aromatic heterocycles. The van der Waals surface area contributed by atoms with Crippen molar-refractivity contribution < 1.29 is 9.66 Å². The predicted octanol–water partition coefficient (Wildman–Crippen LogP) is 1.68. The van der Waals surface area contributed by atoms with Gasteiger partial charge < -0.3 is 19.4 Å². The highest BCUT2D eigenvalue weighted by Crippen LogP contribution is 2.30. The number of rotatable bonds is 7. The molecule has 2 rings (SSSR count). The van der Waals surface area contributed by atoms with E-state index in [0.717, 1.165) is 51.4 Å². The van der Waals surface area contributed by atoms with E-state index in [1.807, 2.05) is 7.05 Å². The Morgan fingerprint density at radius 2 is 2.00 bits per heavy atom. The number of likely N-dealkylation sites (N-methyl/N-ethyl adjacent to an activating group) is 1. The van der Waals surface area contributed by atoms with Crippen molar-refractivity contribution in [2.45, 2.75) is 6.42 Å². The van der Waals surface area contributed by atoms with Gasteiger partial charge in [0, 0.05) is 57.6 Å². The van der Waals surface area contributed by atoms with Gasteiger partial charge in [-0.05, 0) is 26.1 Å². The summed E-state index contributed by atoms with van der Waals surface area (Å²) < 4.78 is 5.13. The molecule has 0 N–H and O–H groups in total. The molecule has 1 aliphatic rings. The number of hydrogen-bond acceptors (Lipinski definition) is 6. The van der Waals surface area contributed by atoms with Gasteiger partial charge in [0.25, 0.3) is 0 Å². The molecule has 23 heavy (non-hydrogen) atoms. The van der Waals surface area contributed by atoms with E-state index in [-0.39, 0.29) is 5.69 Å². The zero-order valence-corrected chi connectivity index (χ0v) is 14.2. The van der Waals surface area contributed by atoms with E-state index in [4.69, 9.17) is 4.74 Å². The third-order valence-corrected chi connectivity index (χ3v) is 4.36. The van der Waals surface area contributed by atoms with E-state index in [9.17, 15) is 10.1 Å². The quantitative estimate of drug-likeness (QED) is 0.562. The Morgan fingerprint density at radius 3 is 2.61 bits per heavy atom. The second-order valence-corrected chi connectivity index (χ2v) is 6.03. The fraction of sp³-hybridized carbons (Fsp3) is 0.625. The lowest BCUT2D eigenvalue weighted by molar-refractivity contribution is -0.385. The van der Waals surface area contributed by atoms with Crippen molar-refractivity contribution in [2.75, 3.05) is 65.4 Å². The molecule has 0 atom stereocenters. The van der Waals surface area contributed by atoms with E-state index >= 15 is 0 Å². The monoisotopic (exact) mass is 322 g/mol. The molecule has 128 valence electrons. The number of nitrogens with zero attached hydrogens (tertiary/aromatic N) is 4. The van der Waals surface area contributed by atoms with Crippen molar-refractivity contribution in [1.82, 2.24) is 9.80 Å². The predicted molar refractivity (Wildman–Crippen MR) is 91.5 cm³/mol. The molecule has 7 nitrogen and oxygen atoms in total. The summed E-state index contributed by atoms with van der Waals surface area (Å²) in [6.45, 7) is 6.53. The minimum absolute atomic E-state index is 0.00193. The molecule has 1 saturated heterocycles. The zero-order valence-electron chi connectivity index (χ0n) is 14.2. The number of piperazine rings is 1. The van der Waals surface area contributed by atoms with Gasteiger partial charge in [-0.25, -0.2) is 0 Å². The second-order valence-electron chi connectivity index (χ2n) is 6.03. The van der Waals surface area contributed by atoms with E-state index in [0.29, 0.717) is 5.75 Å². The number of methoxy groups -OCH3 is 1. The lowest BCUT2D eigenvalue weighted by Gasteiger charge is -2.32. The molecule has 0 bridgehead atoms. The lowest BCUT2D eigenvalue weighted by atomic mass is 10.2. The fourth-order valence-corrected chi connectivity index (χ4v) is 2.79. The van der Waals surface area contributed by atoms with Crippen molar-refractivity contribution in [2.24, 2.45) is 0 Å². The van der Waals surface area contributed by atoms with E-state index in [1.165, 1.54) is 13.2 Å². The maximum Gasteiger partial charge on any atom is 0.311 e. The topological polar surface area (TPSA) is 62.1 Å². The van der Waals surface area contributed by atoms with Crippen molar-refractivity contribution in [3.8, 4) is 5.75 Å². The van der Waals surface area contributed by atoms with Crippen LogP contribution in [0.15, 0.2) is 18.2 Å². The van der Waals surface area contributed by atoms with E-state index in [1.54, 1.807) is 12.1 Å². The molecule has 1 aliphatic heterocycles. The summed E-state index contributed by atoms with van der Waals surface area (Å²) in [5, 5.41) is 10.9. The van der Waals surface area contributed by atoms with Crippen molar-refractivity contribution in [1.29, 1.82) is 0 Å². The second kappa shape index (κ2) is 8.12. The minimum Gasteiger partial charge on any atom is -0.490 e. The third-order valence-electron chi connectivity index (χ3n) is 4.36. The van der Waals surface area contributed by atoms with Gasteiger partial charge >= 0.3 is 5.69 Å². The Morgan fingerprint density at radius 1 is 1.30 bits per heavy atom. The van der Waals surface area contributed by atoms with Gasteiger partial charge in [0.2, 0.25) is 0 Å². The number of hydrogen-bond donors (Lipinski definition) is 0. The van der Waals surface area contributed by atoms with Gasteiger partial charge in [-0.1, -0.05) is 0 Å². The SMILES string of the molecule is COc1cc(N(C)CCCN2CCN(C)CC2)ccc1[N+](=O)[O-]. The van der Waals surface area contributed by atoms with Gasteiger partial charge in [-0.15, -0.1) is 0 Å². The smallest absolute Gasteiger partial charge is 0.311 e. The first-order valence-corrected chi connectivity index (χ1v) is 7.95. The highest BCUT2D eigenvalue weighted by atomic mass is 16.6. The molecule has 0 saturated carbocycles. The van der Waals surface area contributed by atoms with E-state index < -0.39 is 4.92 Å². The number of benzene rings is 1. The molecule has 1 aromatic carbocycles. The summed E-state index contributed by atoms with van der Waals surface area (Å²) >= 11 is 0. The normalized spacial score (nSPS) is 16.3. The highest BCUT2D eigenvalue weighted by Gasteiger charge is 2.16. The standard InChI is InChI=1S/C16H26N4O3/c1-17-9-11-19(12-10-17)8-4-7-18(2)14-5-6-15(20(21)22)16(13-14)23-3/h5-6,13H,4,7-12H2,1-3H3. The Kier molecular flexibility index (Phi) is 6.18. The van der Waals surface area contributed by atoms with Crippen LogP contribution in [-0.2, 0) is 0 Å². The van der Waals surface area contributed by atoms with Crippen LogP contribution in [-0.4, -0.2) is 75.2 Å². The van der Waals surface area contributed by atoms with Gasteiger partial charge in [0.1, 0.15) is 0 Å². The Labute approximate surface area is 137 Å². The average molecular weight is 322 g/mol. The molecular weight excluding hydrogens is 296 g/mol. The summed E-state index contributed by atoms with van der Waals surface area (Å²) in [4.78, 5) is 17.5. The van der Waals surface area contributed by atoms with Crippen molar-refractivity contribution in [3.05, 3.63) is 28.3 Å². The molecule has 0 aliphatic carbocycles. The van der Waals surface area contributed by atoms with Crippen molar-refractivity contribution in [3.63, 3.8) is 0 Å². The number of ether oxygens (including phenoxy) is 1. The fourth-order valence-electron chi connectivity index (χ4n) is 2.79. The summed E-state index contributed by atoms with van der Waals surface area (Å²) in [6.07, 6.45) is 1.07. The van der Waals surface area contributed by atoms with Crippen LogP contribution in [0.5, 0.6) is 5.75 Å². The van der Waals surface area contributed by atoms with Gasteiger partial charge in [-0.2, -0.15) is 0 Å². The van der Waals surface area contributed by atoms with Gasteiger partial charge in [0.05, 0.1) is 12.0 Å². The van der Waals surface area contributed by atoms with Crippen LogP contribution in [0, 0.1) is 10.1 Å². The number of nitro benzene ring substituents is 1. The Balaban J connectivity index is 1.85. The third kappa shape index (κ3) is 4.80. The Hall–Kier alpha value is -1.86. The summed E-state index contributed by atoms with van der Waals surface area (Å²) in [6, 6.07) is 5.01. The molecular formula is C16H26N4O3. The van der Waals surface area contributed by atoms with E-state index in [2.05, 4.69) is 21.7 Å². The minimum atomic E-state index is -0.421. The summed E-state index contributed by atoms with van der Waals surface area (Å²) in [7, 11) is 5.62. The van der Waals surface area contributed by atoms with Crippen LogP contribution in [0.25, 0.3) is 0 Å². The van der Waals surface area contributed by atoms with Crippen LogP contribution < -0.4 is 9.64 Å². The molecule has 0 radical (unpaired) electrons. The summed E-state index contributed by atoms with van der Waals surface area (Å²) in [5.41, 5.74) is 0.938. The number of anilines is 1. The molecule has 0 amide bonds.